The van der Waals surface area contributed by atoms with Gasteiger partial charge >= 0.3 is 0 Å². The third-order valence-electron chi connectivity index (χ3n) is 3.02. The number of nitrogens with zero attached hydrogens (tertiary/aromatic N) is 2. The smallest absolute Gasteiger partial charge is 0.219 e. The van der Waals surface area contributed by atoms with Crippen LogP contribution in [0.2, 0.25) is 0 Å². The highest BCUT2D eigenvalue weighted by molar-refractivity contribution is 5.73. The van der Waals surface area contributed by atoms with Crippen LogP contribution >= 0.6 is 0 Å². The average Bonchev–Trinajstić information content (AvgIpc) is 2.84. The maximum atomic E-state index is 13.7. The molecule has 1 amide bonds. The average molecular weight is 291 g/mol. The van der Waals surface area contributed by atoms with Crippen molar-refractivity contribution < 1.29 is 13.9 Å². The molecule has 2 rings (SSSR count). The monoisotopic (exact) mass is 291 g/mol. The van der Waals surface area contributed by atoms with E-state index in [-0.39, 0.29) is 18.1 Å². The number of carbonyl (C=O) groups excluding carboxylic acids is 1. The number of aromatic nitrogens is 2. The Hall–Kier alpha value is -2.21. The summed E-state index contributed by atoms with van der Waals surface area (Å²) in [5.74, 6) is -0.678. The lowest BCUT2D eigenvalue weighted by Crippen LogP contribution is -2.14. The van der Waals surface area contributed by atoms with Gasteiger partial charge < -0.3 is 10.5 Å². The molecule has 0 unspecified atom stereocenters. The first-order valence-corrected chi connectivity index (χ1v) is 6.69. The number of nitrogens with two attached hydrogens (primary N) is 1. The van der Waals surface area contributed by atoms with Crippen molar-refractivity contribution in [1.29, 1.82) is 0 Å². The predicted octanol–water partition coefficient (Wildman–Crippen LogP) is 1.66. The minimum Gasteiger partial charge on any atom is -0.381 e. The van der Waals surface area contributed by atoms with Crippen molar-refractivity contribution >= 4 is 5.91 Å². The van der Waals surface area contributed by atoms with E-state index in [1.165, 1.54) is 12.1 Å². The Morgan fingerprint density at radius 3 is 2.81 bits per heavy atom. The number of rotatable bonds is 7. The van der Waals surface area contributed by atoms with E-state index in [1.807, 2.05) is 19.3 Å². The van der Waals surface area contributed by atoms with Gasteiger partial charge in [0.2, 0.25) is 5.91 Å². The van der Waals surface area contributed by atoms with Gasteiger partial charge in [0, 0.05) is 25.2 Å². The number of primary amides is 1. The lowest BCUT2D eigenvalue weighted by atomic mass is 10.0. The Balaban J connectivity index is 1.97. The lowest BCUT2D eigenvalue weighted by molar-refractivity contribution is -0.119. The first-order valence-electron chi connectivity index (χ1n) is 6.69. The van der Waals surface area contributed by atoms with Gasteiger partial charge in [0.15, 0.2) is 0 Å². The van der Waals surface area contributed by atoms with Gasteiger partial charge in [0.05, 0.1) is 19.4 Å². The van der Waals surface area contributed by atoms with Gasteiger partial charge in [-0.1, -0.05) is 6.07 Å². The molecule has 0 aliphatic rings. The fourth-order valence-corrected chi connectivity index (χ4v) is 2.00. The zero-order valence-corrected chi connectivity index (χ0v) is 11.9. The molecule has 2 aromatic rings. The van der Waals surface area contributed by atoms with Crippen LogP contribution < -0.4 is 5.73 Å². The van der Waals surface area contributed by atoms with Crippen molar-refractivity contribution in [1.82, 2.24) is 9.78 Å². The highest BCUT2D eigenvalue weighted by Crippen LogP contribution is 2.21. The van der Waals surface area contributed by atoms with Crippen LogP contribution in [0, 0.1) is 5.82 Å². The molecular weight excluding hydrogens is 273 g/mol. The van der Waals surface area contributed by atoms with Crippen molar-refractivity contribution in [3.63, 3.8) is 0 Å². The molecule has 0 aliphatic heterocycles. The van der Waals surface area contributed by atoms with Crippen molar-refractivity contribution in [2.75, 3.05) is 13.2 Å². The fraction of sp³-hybridized carbons (Fsp3) is 0.333. The third kappa shape index (κ3) is 4.68. The molecular formula is C15H18FN3O2. The minimum absolute atomic E-state index is 0.198. The Kier molecular flexibility index (Phi) is 5.05. The molecule has 0 bridgehead atoms. The molecule has 2 N–H and O–H groups in total. The Morgan fingerprint density at radius 1 is 1.33 bits per heavy atom. The van der Waals surface area contributed by atoms with E-state index < -0.39 is 0 Å². The van der Waals surface area contributed by atoms with Crippen LogP contribution in [0.25, 0.3) is 11.1 Å². The standard InChI is InChI=1S/C15H18FN3O2/c1-19-10-13(9-18-19)12-6-11(7-14(16)8-12)2-4-21-5-3-15(17)20/h6-10H,2-5H2,1H3,(H2,17,20). The van der Waals surface area contributed by atoms with Gasteiger partial charge in [-0.3, -0.25) is 9.48 Å². The maximum Gasteiger partial charge on any atom is 0.219 e. The van der Waals surface area contributed by atoms with Crippen LogP contribution in [-0.4, -0.2) is 28.9 Å². The summed E-state index contributed by atoms with van der Waals surface area (Å²) in [5, 5.41) is 4.08. The van der Waals surface area contributed by atoms with Crippen molar-refractivity contribution in [2.45, 2.75) is 12.8 Å². The van der Waals surface area contributed by atoms with Gasteiger partial charge in [-0.2, -0.15) is 5.10 Å². The summed E-state index contributed by atoms with van der Waals surface area (Å²) in [6.07, 6.45) is 4.30. The first-order chi connectivity index (χ1) is 10.0. The quantitative estimate of drug-likeness (QED) is 0.789. The highest BCUT2D eigenvalue weighted by Gasteiger charge is 2.05. The zero-order valence-electron chi connectivity index (χ0n) is 11.9. The largest absolute Gasteiger partial charge is 0.381 e. The Bertz CT molecular complexity index is 625. The van der Waals surface area contributed by atoms with E-state index in [0.717, 1.165) is 16.7 Å². The number of benzene rings is 1. The second-order valence-corrected chi connectivity index (χ2v) is 4.83. The SMILES string of the molecule is Cn1cc(-c2cc(F)cc(CCOCCC(N)=O)c2)cn1. The summed E-state index contributed by atoms with van der Waals surface area (Å²) in [7, 11) is 1.82. The third-order valence-corrected chi connectivity index (χ3v) is 3.02. The number of carbonyl (C=O) groups is 1. The van der Waals surface area contributed by atoms with Crippen LogP contribution in [0.1, 0.15) is 12.0 Å². The van der Waals surface area contributed by atoms with Crippen LogP contribution in [0.5, 0.6) is 0 Å². The Morgan fingerprint density at radius 2 is 2.14 bits per heavy atom. The van der Waals surface area contributed by atoms with Crippen LogP contribution in [0.3, 0.4) is 0 Å². The van der Waals surface area contributed by atoms with Crippen LogP contribution in [0.15, 0.2) is 30.6 Å². The molecule has 1 aromatic carbocycles. The van der Waals surface area contributed by atoms with E-state index >= 15 is 0 Å². The number of amides is 1. The van der Waals surface area contributed by atoms with Crippen LogP contribution in [-0.2, 0) is 23.0 Å². The van der Waals surface area contributed by atoms with Gasteiger partial charge in [0.25, 0.3) is 0 Å². The van der Waals surface area contributed by atoms with E-state index in [1.54, 1.807) is 10.9 Å². The van der Waals surface area contributed by atoms with Gasteiger partial charge in [0.1, 0.15) is 5.82 Å². The molecule has 0 saturated carbocycles. The second kappa shape index (κ2) is 6.99. The van der Waals surface area contributed by atoms with Gasteiger partial charge in [-0.05, 0) is 29.7 Å². The Labute approximate surface area is 122 Å². The lowest BCUT2D eigenvalue weighted by Gasteiger charge is -2.06. The highest BCUT2D eigenvalue weighted by atomic mass is 19.1. The summed E-state index contributed by atoms with van der Waals surface area (Å²) in [6, 6.07) is 4.88. The van der Waals surface area contributed by atoms with Crippen LogP contribution in [0.4, 0.5) is 4.39 Å². The molecule has 6 heteroatoms. The van der Waals surface area contributed by atoms with Crippen molar-refractivity contribution in [3.8, 4) is 11.1 Å². The fourth-order valence-electron chi connectivity index (χ4n) is 2.00. The van der Waals surface area contributed by atoms with Gasteiger partial charge in [-0.15, -0.1) is 0 Å². The molecule has 0 atom stereocenters. The van der Waals surface area contributed by atoms with E-state index in [2.05, 4.69) is 5.10 Å². The number of halogens is 1. The molecule has 1 heterocycles. The summed E-state index contributed by atoms with van der Waals surface area (Å²) in [4.78, 5) is 10.6. The predicted molar refractivity (Wildman–Crippen MR) is 76.9 cm³/mol. The number of ether oxygens (including phenoxy) is 1. The number of hydrogen-bond acceptors (Lipinski definition) is 3. The normalized spacial score (nSPS) is 10.8. The molecule has 1 aromatic heterocycles. The van der Waals surface area contributed by atoms with Gasteiger partial charge in [-0.25, -0.2) is 4.39 Å². The summed E-state index contributed by atoms with van der Waals surface area (Å²) < 4.78 is 20.6. The molecule has 5 nitrogen and oxygen atoms in total. The van der Waals surface area contributed by atoms with E-state index in [0.29, 0.717) is 19.6 Å². The zero-order chi connectivity index (χ0) is 15.2. The molecule has 112 valence electrons. The summed E-state index contributed by atoms with van der Waals surface area (Å²) in [6.45, 7) is 0.712. The summed E-state index contributed by atoms with van der Waals surface area (Å²) in [5.41, 5.74) is 7.51. The topological polar surface area (TPSA) is 70.1 Å². The minimum atomic E-state index is -0.389. The second-order valence-electron chi connectivity index (χ2n) is 4.83. The molecule has 21 heavy (non-hydrogen) atoms. The first kappa shape index (κ1) is 15.2. The number of hydrogen-bond donors (Lipinski definition) is 1. The number of aryl methyl sites for hydroxylation is 1. The van der Waals surface area contributed by atoms with Crippen molar-refractivity contribution in [2.24, 2.45) is 12.8 Å². The summed E-state index contributed by atoms with van der Waals surface area (Å²) >= 11 is 0. The van der Waals surface area contributed by atoms with E-state index in [4.69, 9.17) is 10.5 Å². The maximum absolute atomic E-state index is 13.7. The van der Waals surface area contributed by atoms with Crippen molar-refractivity contribution in [3.05, 3.63) is 42.0 Å². The van der Waals surface area contributed by atoms with E-state index in [9.17, 15) is 9.18 Å². The molecule has 0 fully saturated rings. The molecule has 0 saturated heterocycles. The molecule has 0 radical (unpaired) electrons. The molecule has 0 spiro atoms. The molecule has 0 aliphatic carbocycles.